The van der Waals surface area contributed by atoms with Crippen LogP contribution >= 0.6 is 0 Å². The Morgan fingerprint density at radius 1 is 0.293 bits per heavy atom. The van der Waals surface area contributed by atoms with Crippen LogP contribution < -0.4 is 41.9 Å². The van der Waals surface area contributed by atoms with E-state index in [4.69, 9.17) is 39.9 Å². The average Bonchev–Trinajstić information content (AvgIpc) is 3.73. The minimum atomic E-state index is 0. The van der Waals surface area contributed by atoms with Crippen LogP contribution in [0, 0.1) is 0 Å². The second-order valence-corrected chi connectivity index (χ2v) is 9.67. The van der Waals surface area contributed by atoms with Crippen molar-refractivity contribution in [1.82, 2.24) is 19.9 Å². The molecule has 0 aliphatic carbocycles. The fraction of sp³-hybridized carbons (Fsp3) is 0. The van der Waals surface area contributed by atoms with Gasteiger partial charge in [-0.25, -0.2) is 0 Å². The van der Waals surface area contributed by atoms with Gasteiger partial charge in [-0.3, -0.25) is 0 Å². The van der Waals surface area contributed by atoms with E-state index in [9.17, 15) is 0 Å². The van der Waals surface area contributed by atoms with Crippen LogP contribution in [0.2, 0.25) is 0 Å². The normalized spacial score (nSPS) is 15.8. The summed E-state index contributed by atoms with van der Waals surface area (Å²) in [5.74, 6) is 2.21. The van der Waals surface area contributed by atoms with Gasteiger partial charge in [-0.15, -0.1) is 0 Å². The van der Waals surface area contributed by atoms with Gasteiger partial charge in [0.05, 0.1) is 0 Å². The Morgan fingerprint density at radius 3 is 0.756 bits per heavy atom. The van der Waals surface area contributed by atoms with E-state index >= 15 is 0 Å². The third-order valence-corrected chi connectivity index (χ3v) is 7.33. The van der Waals surface area contributed by atoms with Crippen LogP contribution in [0.15, 0.2) is 117 Å². The standard InChI is InChI=1S/C32H16N8.Cu/c1-2-10-18-17(9-1)25-33-26(18)38-28-21-13-5-6-14-22(21)30(35-28)40-32-24-16-8-7-15-23(24)31(36-32)39-29-20-12-4-3-11-19(20)27(34-29)37-25;/h1-16H;/q-4;+2. The van der Waals surface area contributed by atoms with E-state index < -0.39 is 0 Å². The Kier molecular flexibility index (Phi) is 5.12. The van der Waals surface area contributed by atoms with E-state index in [1.807, 2.05) is 97.1 Å². The number of hydrogen-bond donors (Lipinski definition) is 0. The van der Waals surface area contributed by atoms with Crippen molar-refractivity contribution in [2.75, 3.05) is 0 Å². The first-order valence-electron chi connectivity index (χ1n) is 12.9. The molecule has 8 nitrogen and oxygen atoms in total. The van der Waals surface area contributed by atoms with Gasteiger partial charge in [0.1, 0.15) is 0 Å². The van der Waals surface area contributed by atoms with Gasteiger partial charge in [0.2, 0.25) is 0 Å². The molecule has 0 spiro atoms. The first-order valence-corrected chi connectivity index (χ1v) is 12.9. The monoisotopic (exact) mass is 575 g/mol. The number of benzene rings is 4. The summed E-state index contributed by atoms with van der Waals surface area (Å²) in [5, 5.41) is 7.15. The van der Waals surface area contributed by atoms with Crippen molar-refractivity contribution in [2.24, 2.45) is 20.0 Å². The van der Waals surface area contributed by atoms with Gasteiger partial charge in [0.15, 0.2) is 0 Å². The van der Waals surface area contributed by atoms with Crippen LogP contribution in [0.5, 0.6) is 0 Å². The summed E-state index contributed by atoms with van der Waals surface area (Å²) in [5.41, 5.74) is 2.21. The van der Waals surface area contributed by atoms with Gasteiger partial charge in [0.25, 0.3) is 0 Å². The predicted molar refractivity (Wildman–Crippen MR) is 152 cm³/mol. The Hall–Kier alpha value is -5.24. The van der Waals surface area contributed by atoms with Gasteiger partial charge in [-0.1, -0.05) is 97.1 Å². The van der Waals surface area contributed by atoms with Gasteiger partial charge < -0.3 is 39.9 Å². The number of hydrogen-bond acceptors (Lipinski definition) is 4. The summed E-state index contributed by atoms with van der Waals surface area (Å²) in [6.07, 6.45) is 0. The summed E-state index contributed by atoms with van der Waals surface area (Å²) in [4.78, 5) is 39.3. The predicted octanol–water partition coefficient (Wildman–Crippen LogP) is 4.24. The van der Waals surface area contributed by atoms with Gasteiger partial charge in [-0.05, 0) is 43.1 Å². The molecule has 0 saturated carbocycles. The average molecular weight is 576 g/mol. The third kappa shape index (κ3) is 3.53. The second-order valence-electron chi connectivity index (χ2n) is 9.67. The number of nitrogens with zero attached hydrogens (tertiary/aromatic N) is 8. The van der Waals surface area contributed by atoms with E-state index in [1.54, 1.807) is 0 Å². The zero-order valence-electron chi connectivity index (χ0n) is 21.1. The SMILES string of the molecule is [Cu+2].c1ccc2c3[n-]c(c2c1)/N=c1/[n-]/c(c2ccccc12)=N/c1[n-]c(c2ccccc12)/N=c1/[n-]/c(c2ccccc12)=N/3. The molecule has 197 valence electrons. The minimum Gasteiger partial charge on any atom is -0.357 e. The van der Waals surface area contributed by atoms with E-state index in [-0.39, 0.29) is 17.1 Å². The molecule has 9 heteroatoms. The molecule has 4 aromatic heterocycles. The molecule has 9 rings (SSSR count). The molecular weight excluding hydrogens is 560 g/mol. The van der Waals surface area contributed by atoms with Crippen LogP contribution in [0.3, 0.4) is 0 Å². The number of aromatic nitrogens is 4. The molecule has 8 aromatic rings. The summed E-state index contributed by atoms with van der Waals surface area (Å²) in [6, 6.07) is 31.8. The zero-order valence-corrected chi connectivity index (χ0v) is 22.1. The fourth-order valence-corrected chi connectivity index (χ4v) is 5.46. The third-order valence-electron chi connectivity index (χ3n) is 7.33. The van der Waals surface area contributed by atoms with Crippen molar-refractivity contribution in [3.8, 4) is 0 Å². The summed E-state index contributed by atoms with van der Waals surface area (Å²) < 4.78 is 0. The molecule has 1 aliphatic rings. The molecule has 41 heavy (non-hydrogen) atoms. The summed E-state index contributed by atoms with van der Waals surface area (Å²) in [7, 11) is 0. The molecular formula is C32H16CuN8-2. The van der Waals surface area contributed by atoms with Crippen LogP contribution in [0.4, 0.5) is 23.3 Å². The Labute approximate surface area is 241 Å². The van der Waals surface area contributed by atoms with Crippen molar-refractivity contribution in [3.63, 3.8) is 0 Å². The van der Waals surface area contributed by atoms with E-state index in [1.165, 1.54) is 0 Å². The molecule has 1 aliphatic heterocycles. The van der Waals surface area contributed by atoms with Crippen molar-refractivity contribution in [3.05, 3.63) is 119 Å². The molecule has 0 fully saturated rings. The topological polar surface area (TPSA) is 106 Å². The van der Waals surface area contributed by atoms with Crippen molar-refractivity contribution in [1.29, 1.82) is 0 Å². The second kappa shape index (κ2) is 8.89. The minimum absolute atomic E-state index is 0. The van der Waals surface area contributed by atoms with E-state index in [2.05, 4.69) is 0 Å². The fourth-order valence-electron chi connectivity index (χ4n) is 5.46. The molecule has 0 unspecified atom stereocenters. The molecule has 1 radical (unpaired) electrons. The molecule has 8 bridgehead atoms. The van der Waals surface area contributed by atoms with Crippen molar-refractivity contribution in [2.45, 2.75) is 0 Å². The molecule has 4 aromatic carbocycles. The first kappa shape index (κ1) is 23.6. The van der Waals surface area contributed by atoms with Gasteiger partial charge in [0, 0.05) is 45.2 Å². The molecule has 0 amide bonds. The Bertz CT molecular complexity index is 2220. The smallest absolute Gasteiger partial charge is 0.357 e. The molecule has 0 N–H and O–H groups in total. The van der Waals surface area contributed by atoms with Crippen molar-refractivity contribution < 1.29 is 17.1 Å². The zero-order chi connectivity index (χ0) is 26.2. The van der Waals surface area contributed by atoms with Gasteiger partial charge in [-0.2, -0.15) is 0 Å². The number of rotatable bonds is 0. The van der Waals surface area contributed by atoms with E-state index in [0.717, 1.165) is 43.1 Å². The molecule has 0 atom stereocenters. The van der Waals surface area contributed by atoms with Crippen LogP contribution in [-0.2, 0) is 17.1 Å². The van der Waals surface area contributed by atoms with E-state index in [0.29, 0.717) is 45.2 Å². The van der Waals surface area contributed by atoms with Gasteiger partial charge >= 0.3 is 17.1 Å². The Balaban J connectivity index is 0.00000256. The maximum atomic E-state index is 4.95. The maximum Gasteiger partial charge on any atom is 2.00 e. The summed E-state index contributed by atoms with van der Waals surface area (Å²) >= 11 is 0. The maximum absolute atomic E-state index is 4.95. The van der Waals surface area contributed by atoms with Crippen LogP contribution in [-0.4, -0.2) is 0 Å². The number of fused-ring (bicyclic) bond motifs is 20. The quantitative estimate of drug-likeness (QED) is 0.252. The molecule has 0 saturated heterocycles. The molecule has 5 heterocycles. The summed E-state index contributed by atoms with van der Waals surface area (Å²) in [6.45, 7) is 0. The Morgan fingerprint density at radius 2 is 0.512 bits per heavy atom. The largest absolute Gasteiger partial charge is 2.00 e. The van der Waals surface area contributed by atoms with Crippen LogP contribution in [0.1, 0.15) is 0 Å². The van der Waals surface area contributed by atoms with Crippen molar-refractivity contribution >= 4 is 66.4 Å². The van der Waals surface area contributed by atoms with Crippen LogP contribution in [0.25, 0.3) is 43.1 Å². The first-order chi connectivity index (χ1) is 19.8.